The molecular weight excluding hydrogens is 202 g/mol. The number of hydrogen-bond donors (Lipinski definition) is 1. The standard InChI is InChI=1S/C13H15NO2/c1-9-3-4-12(16-2)11(5-9)13(8-14)6-10(13)7-15/h3-5,10,15H,6-7H2,1-2H3. The molecule has 2 rings (SSSR count). The second-order valence-corrected chi connectivity index (χ2v) is 4.37. The van der Waals surface area contributed by atoms with E-state index in [4.69, 9.17) is 4.74 Å². The first-order chi connectivity index (χ1) is 7.67. The van der Waals surface area contributed by atoms with Crippen molar-refractivity contribution in [3.63, 3.8) is 0 Å². The summed E-state index contributed by atoms with van der Waals surface area (Å²) in [6.07, 6.45) is 0.722. The lowest BCUT2D eigenvalue weighted by molar-refractivity contribution is 0.268. The minimum Gasteiger partial charge on any atom is -0.496 e. The first-order valence-corrected chi connectivity index (χ1v) is 5.35. The van der Waals surface area contributed by atoms with E-state index in [1.807, 2.05) is 25.1 Å². The number of benzene rings is 1. The fourth-order valence-corrected chi connectivity index (χ4v) is 2.25. The molecule has 0 aliphatic heterocycles. The van der Waals surface area contributed by atoms with Gasteiger partial charge in [-0.05, 0) is 19.4 Å². The van der Waals surface area contributed by atoms with E-state index in [-0.39, 0.29) is 12.5 Å². The third-order valence-corrected chi connectivity index (χ3v) is 3.36. The largest absolute Gasteiger partial charge is 0.496 e. The minimum absolute atomic E-state index is 0.0493. The predicted octanol–water partition coefficient (Wildman–Crippen LogP) is 1.78. The Morgan fingerprint density at radius 2 is 2.38 bits per heavy atom. The van der Waals surface area contributed by atoms with Crippen LogP contribution < -0.4 is 4.74 Å². The highest BCUT2D eigenvalue weighted by Crippen LogP contribution is 2.56. The molecule has 3 heteroatoms. The zero-order valence-corrected chi connectivity index (χ0v) is 9.53. The SMILES string of the molecule is COc1ccc(C)cc1C1(C#N)CC1CO. The van der Waals surface area contributed by atoms with Gasteiger partial charge in [-0.3, -0.25) is 0 Å². The highest BCUT2D eigenvalue weighted by Gasteiger charge is 2.57. The quantitative estimate of drug-likeness (QED) is 0.839. The van der Waals surface area contributed by atoms with Crippen LogP contribution in [0.5, 0.6) is 5.75 Å². The second kappa shape index (κ2) is 3.80. The molecule has 0 amide bonds. The van der Waals surface area contributed by atoms with Gasteiger partial charge in [0.15, 0.2) is 0 Å². The van der Waals surface area contributed by atoms with Gasteiger partial charge in [0.2, 0.25) is 0 Å². The molecule has 1 aliphatic carbocycles. The van der Waals surface area contributed by atoms with Crippen molar-refractivity contribution < 1.29 is 9.84 Å². The van der Waals surface area contributed by atoms with Crippen LogP contribution in [0.2, 0.25) is 0 Å². The first-order valence-electron chi connectivity index (χ1n) is 5.35. The predicted molar refractivity (Wildman–Crippen MR) is 60.2 cm³/mol. The molecule has 1 saturated carbocycles. The number of hydrogen-bond acceptors (Lipinski definition) is 3. The zero-order chi connectivity index (χ0) is 11.8. The average molecular weight is 217 g/mol. The number of aliphatic hydroxyl groups excluding tert-OH is 1. The lowest BCUT2D eigenvalue weighted by Gasteiger charge is -2.14. The molecule has 0 heterocycles. The van der Waals surface area contributed by atoms with E-state index in [2.05, 4.69) is 6.07 Å². The first kappa shape index (κ1) is 11.0. The number of nitriles is 1. The Hall–Kier alpha value is -1.53. The summed E-state index contributed by atoms with van der Waals surface area (Å²) in [5.74, 6) is 0.788. The Morgan fingerprint density at radius 3 is 2.88 bits per heavy atom. The lowest BCUT2D eigenvalue weighted by atomic mass is 9.92. The number of nitrogens with zero attached hydrogens (tertiary/aromatic N) is 1. The highest BCUT2D eigenvalue weighted by atomic mass is 16.5. The summed E-state index contributed by atoms with van der Waals surface area (Å²) in [6.45, 7) is 2.05. The van der Waals surface area contributed by atoms with Gasteiger partial charge in [0.05, 0.1) is 18.6 Å². The van der Waals surface area contributed by atoms with Crippen LogP contribution in [0.4, 0.5) is 0 Å². The van der Waals surface area contributed by atoms with Crippen molar-refractivity contribution >= 4 is 0 Å². The maximum atomic E-state index is 9.31. The molecule has 2 unspecified atom stereocenters. The summed E-state index contributed by atoms with van der Waals surface area (Å²) >= 11 is 0. The van der Waals surface area contributed by atoms with Crippen LogP contribution in [0, 0.1) is 24.2 Å². The van der Waals surface area contributed by atoms with E-state index in [0.717, 1.165) is 23.3 Å². The third kappa shape index (κ3) is 1.46. The summed E-state index contributed by atoms with van der Waals surface area (Å²) in [5.41, 5.74) is 1.48. The fraction of sp³-hybridized carbons (Fsp3) is 0.462. The van der Waals surface area contributed by atoms with Crippen LogP contribution in [0.15, 0.2) is 18.2 Å². The van der Waals surface area contributed by atoms with Gasteiger partial charge < -0.3 is 9.84 Å². The summed E-state index contributed by atoms with van der Waals surface area (Å²) in [6, 6.07) is 8.16. The molecule has 1 N–H and O–H groups in total. The molecule has 1 aromatic carbocycles. The molecule has 1 fully saturated rings. The summed E-state index contributed by atoms with van der Waals surface area (Å²) < 4.78 is 5.29. The molecule has 1 aliphatic rings. The summed E-state index contributed by atoms with van der Waals surface area (Å²) in [7, 11) is 1.61. The van der Waals surface area contributed by atoms with Crippen molar-refractivity contribution in [1.82, 2.24) is 0 Å². The molecule has 84 valence electrons. The van der Waals surface area contributed by atoms with Crippen LogP contribution in [-0.2, 0) is 5.41 Å². The number of aryl methyl sites for hydroxylation is 1. The van der Waals surface area contributed by atoms with E-state index in [1.54, 1.807) is 7.11 Å². The third-order valence-electron chi connectivity index (χ3n) is 3.36. The molecule has 1 aromatic rings. The molecular formula is C13H15NO2. The van der Waals surface area contributed by atoms with Crippen LogP contribution in [0.25, 0.3) is 0 Å². The van der Waals surface area contributed by atoms with Crippen molar-refractivity contribution in [3.8, 4) is 11.8 Å². The van der Waals surface area contributed by atoms with Crippen molar-refractivity contribution in [2.75, 3.05) is 13.7 Å². The molecule has 3 nitrogen and oxygen atoms in total. The average Bonchev–Trinajstić information content (AvgIpc) is 3.04. The molecule has 0 saturated heterocycles. The van der Waals surface area contributed by atoms with E-state index < -0.39 is 5.41 Å². The smallest absolute Gasteiger partial charge is 0.123 e. The Labute approximate surface area is 95.3 Å². The van der Waals surface area contributed by atoms with Crippen molar-refractivity contribution in [3.05, 3.63) is 29.3 Å². The van der Waals surface area contributed by atoms with Gasteiger partial charge in [0.1, 0.15) is 5.75 Å². The minimum atomic E-state index is -0.536. The molecule has 0 aromatic heterocycles. The normalized spacial score (nSPS) is 27.2. The van der Waals surface area contributed by atoms with Gasteiger partial charge in [-0.15, -0.1) is 0 Å². The monoisotopic (exact) mass is 217 g/mol. The van der Waals surface area contributed by atoms with Crippen LogP contribution in [0.3, 0.4) is 0 Å². The van der Waals surface area contributed by atoms with Gasteiger partial charge in [0.25, 0.3) is 0 Å². The maximum absolute atomic E-state index is 9.31. The molecule has 0 bridgehead atoms. The van der Waals surface area contributed by atoms with Gasteiger partial charge in [0, 0.05) is 18.1 Å². The second-order valence-electron chi connectivity index (χ2n) is 4.37. The fourth-order valence-electron chi connectivity index (χ4n) is 2.25. The highest BCUT2D eigenvalue weighted by molar-refractivity contribution is 5.51. The van der Waals surface area contributed by atoms with E-state index in [9.17, 15) is 10.4 Å². The maximum Gasteiger partial charge on any atom is 0.123 e. The Bertz CT molecular complexity index is 450. The van der Waals surface area contributed by atoms with Crippen LogP contribution in [-0.4, -0.2) is 18.8 Å². The topological polar surface area (TPSA) is 53.2 Å². The Balaban J connectivity index is 2.48. The van der Waals surface area contributed by atoms with Crippen molar-refractivity contribution in [2.45, 2.75) is 18.8 Å². The Morgan fingerprint density at radius 1 is 1.62 bits per heavy atom. The van der Waals surface area contributed by atoms with Gasteiger partial charge in [-0.25, -0.2) is 0 Å². The number of ether oxygens (including phenoxy) is 1. The van der Waals surface area contributed by atoms with E-state index >= 15 is 0 Å². The van der Waals surface area contributed by atoms with Gasteiger partial charge in [-0.1, -0.05) is 17.7 Å². The summed E-state index contributed by atoms with van der Waals surface area (Å²) in [5, 5.41) is 18.5. The van der Waals surface area contributed by atoms with E-state index in [1.165, 1.54) is 0 Å². The van der Waals surface area contributed by atoms with Gasteiger partial charge in [-0.2, -0.15) is 5.26 Å². The number of aliphatic hydroxyl groups is 1. The van der Waals surface area contributed by atoms with Crippen LogP contribution >= 0.6 is 0 Å². The lowest BCUT2D eigenvalue weighted by Crippen LogP contribution is -2.11. The number of methoxy groups -OCH3 is 1. The zero-order valence-electron chi connectivity index (χ0n) is 9.53. The van der Waals surface area contributed by atoms with Crippen LogP contribution in [0.1, 0.15) is 17.5 Å². The molecule has 16 heavy (non-hydrogen) atoms. The molecule has 2 atom stereocenters. The molecule has 0 radical (unpaired) electrons. The Kier molecular flexibility index (Phi) is 2.61. The summed E-state index contributed by atoms with van der Waals surface area (Å²) in [4.78, 5) is 0. The number of rotatable bonds is 3. The van der Waals surface area contributed by atoms with Gasteiger partial charge >= 0.3 is 0 Å². The van der Waals surface area contributed by atoms with Crippen molar-refractivity contribution in [1.29, 1.82) is 5.26 Å². The van der Waals surface area contributed by atoms with Crippen molar-refractivity contribution in [2.24, 2.45) is 5.92 Å². The van der Waals surface area contributed by atoms with E-state index in [0.29, 0.717) is 0 Å². The molecule has 0 spiro atoms.